The Kier molecular flexibility index (Phi) is 4.68. The van der Waals surface area contributed by atoms with Gasteiger partial charge in [0.2, 0.25) is 5.91 Å². The van der Waals surface area contributed by atoms with Crippen molar-refractivity contribution in [1.82, 2.24) is 9.78 Å². The zero-order chi connectivity index (χ0) is 20.4. The Balaban J connectivity index is 1.68. The summed E-state index contributed by atoms with van der Waals surface area (Å²) >= 11 is 0. The standard InChI is InChI=1S/C24H18N4O/c1-16-14-23(28(27-16)22-12-10-21(11-13-22)24(26)29)20-8-6-19(7-9-20)18-4-2-17(15-25)3-5-18/h2-14H,1H3,(H2,26,29). The summed E-state index contributed by atoms with van der Waals surface area (Å²) in [6.07, 6.45) is 0. The molecule has 0 atom stereocenters. The molecule has 2 N–H and O–H groups in total. The number of benzene rings is 3. The Morgan fingerprint density at radius 2 is 1.45 bits per heavy atom. The van der Waals surface area contributed by atoms with E-state index < -0.39 is 5.91 Å². The first-order valence-electron chi connectivity index (χ1n) is 9.13. The maximum Gasteiger partial charge on any atom is 0.248 e. The van der Waals surface area contributed by atoms with Gasteiger partial charge in [0.15, 0.2) is 0 Å². The zero-order valence-corrected chi connectivity index (χ0v) is 15.8. The first-order chi connectivity index (χ1) is 14.0. The quantitative estimate of drug-likeness (QED) is 0.568. The number of carbonyl (C=O) groups is 1. The van der Waals surface area contributed by atoms with E-state index in [1.165, 1.54) is 0 Å². The minimum Gasteiger partial charge on any atom is -0.366 e. The molecule has 29 heavy (non-hydrogen) atoms. The molecule has 0 bridgehead atoms. The third-order valence-corrected chi connectivity index (χ3v) is 4.76. The molecule has 0 fully saturated rings. The van der Waals surface area contributed by atoms with Crippen molar-refractivity contribution >= 4 is 5.91 Å². The molecule has 0 spiro atoms. The predicted octanol–water partition coefficient (Wildman–Crippen LogP) is 4.49. The largest absolute Gasteiger partial charge is 0.366 e. The number of aromatic nitrogens is 2. The molecule has 0 unspecified atom stereocenters. The second kappa shape index (κ2) is 7.45. The van der Waals surface area contributed by atoms with Crippen molar-refractivity contribution < 1.29 is 4.79 Å². The number of nitriles is 1. The van der Waals surface area contributed by atoms with Gasteiger partial charge in [-0.05, 0) is 60.5 Å². The van der Waals surface area contributed by atoms with Crippen LogP contribution in [-0.4, -0.2) is 15.7 Å². The van der Waals surface area contributed by atoms with E-state index in [9.17, 15) is 4.79 Å². The van der Waals surface area contributed by atoms with Crippen molar-refractivity contribution in [3.05, 3.63) is 95.7 Å². The summed E-state index contributed by atoms with van der Waals surface area (Å²) in [7, 11) is 0. The van der Waals surface area contributed by atoms with Crippen molar-refractivity contribution in [2.75, 3.05) is 0 Å². The molecule has 0 radical (unpaired) electrons. The molecule has 0 aliphatic heterocycles. The van der Waals surface area contributed by atoms with Crippen molar-refractivity contribution in [3.8, 4) is 34.1 Å². The highest BCUT2D eigenvalue weighted by Gasteiger charge is 2.11. The smallest absolute Gasteiger partial charge is 0.248 e. The lowest BCUT2D eigenvalue weighted by molar-refractivity contribution is 0.100. The fourth-order valence-electron chi connectivity index (χ4n) is 3.24. The Labute approximate surface area is 168 Å². The van der Waals surface area contributed by atoms with E-state index in [0.29, 0.717) is 11.1 Å². The highest BCUT2D eigenvalue weighted by atomic mass is 16.1. The second-order valence-electron chi connectivity index (χ2n) is 6.76. The summed E-state index contributed by atoms with van der Waals surface area (Å²) in [6.45, 7) is 1.95. The minimum atomic E-state index is -0.452. The second-order valence-corrected chi connectivity index (χ2v) is 6.76. The molecule has 1 amide bonds. The van der Waals surface area contributed by atoms with Crippen LogP contribution in [0.1, 0.15) is 21.6 Å². The molecule has 0 aliphatic rings. The van der Waals surface area contributed by atoms with Crippen LogP contribution in [0.3, 0.4) is 0 Å². The number of nitrogens with zero attached hydrogens (tertiary/aromatic N) is 3. The summed E-state index contributed by atoms with van der Waals surface area (Å²) in [5.41, 5.74) is 12.3. The van der Waals surface area contributed by atoms with Gasteiger partial charge in [0.05, 0.1) is 28.7 Å². The van der Waals surface area contributed by atoms with Gasteiger partial charge in [-0.3, -0.25) is 4.79 Å². The van der Waals surface area contributed by atoms with Crippen LogP contribution >= 0.6 is 0 Å². The van der Waals surface area contributed by atoms with Gasteiger partial charge in [0.25, 0.3) is 0 Å². The third kappa shape index (κ3) is 3.64. The SMILES string of the molecule is Cc1cc(-c2ccc(-c3ccc(C#N)cc3)cc2)n(-c2ccc(C(N)=O)cc2)n1. The summed E-state index contributed by atoms with van der Waals surface area (Å²) in [4.78, 5) is 11.3. The predicted molar refractivity (Wildman–Crippen MR) is 112 cm³/mol. The number of carbonyl (C=O) groups excluding carboxylic acids is 1. The summed E-state index contributed by atoms with van der Waals surface area (Å²) in [5, 5.41) is 13.5. The molecule has 5 nitrogen and oxygen atoms in total. The van der Waals surface area contributed by atoms with Crippen LogP contribution in [0, 0.1) is 18.3 Å². The molecule has 4 rings (SSSR count). The molecule has 1 aromatic heterocycles. The highest BCUT2D eigenvalue weighted by molar-refractivity contribution is 5.92. The average molecular weight is 378 g/mol. The van der Waals surface area contributed by atoms with E-state index in [0.717, 1.165) is 33.8 Å². The summed E-state index contributed by atoms with van der Waals surface area (Å²) in [5.74, 6) is -0.452. The van der Waals surface area contributed by atoms with Crippen LogP contribution in [0.2, 0.25) is 0 Å². The molecule has 0 saturated heterocycles. The van der Waals surface area contributed by atoms with Crippen LogP contribution < -0.4 is 5.73 Å². The lowest BCUT2D eigenvalue weighted by Crippen LogP contribution is -2.10. The van der Waals surface area contributed by atoms with Gasteiger partial charge in [-0.1, -0.05) is 36.4 Å². The van der Waals surface area contributed by atoms with E-state index in [1.54, 1.807) is 12.1 Å². The number of primary amides is 1. The molecule has 1 heterocycles. The molecule has 4 aromatic rings. The minimum absolute atomic E-state index is 0.452. The normalized spacial score (nSPS) is 10.5. The Bertz CT molecular complexity index is 1210. The lowest BCUT2D eigenvalue weighted by atomic mass is 10.0. The summed E-state index contributed by atoms with van der Waals surface area (Å²) in [6, 6.07) is 27.0. The lowest BCUT2D eigenvalue weighted by Gasteiger charge is -2.09. The van der Waals surface area contributed by atoms with Crippen molar-refractivity contribution in [2.45, 2.75) is 6.92 Å². The Morgan fingerprint density at radius 3 is 2.00 bits per heavy atom. The van der Waals surface area contributed by atoms with E-state index in [1.807, 2.05) is 54.1 Å². The van der Waals surface area contributed by atoms with E-state index in [4.69, 9.17) is 11.0 Å². The van der Waals surface area contributed by atoms with E-state index in [-0.39, 0.29) is 0 Å². The average Bonchev–Trinajstić information content (AvgIpc) is 3.15. The molecule has 5 heteroatoms. The highest BCUT2D eigenvalue weighted by Crippen LogP contribution is 2.27. The third-order valence-electron chi connectivity index (χ3n) is 4.76. The van der Waals surface area contributed by atoms with Gasteiger partial charge in [0, 0.05) is 11.1 Å². The van der Waals surface area contributed by atoms with Crippen LogP contribution in [0.4, 0.5) is 0 Å². The maximum absolute atomic E-state index is 11.3. The molecule has 3 aromatic carbocycles. The Morgan fingerprint density at radius 1 is 0.897 bits per heavy atom. The van der Waals surface area contributed by atoms with Crippen molar-refractivity contribution in [1.29, 1.82) is 5.26 Å². The van der Waals surface area contributed by atoms with Gasteiger partial charge >= 0.3 is 0 Å². The van der Waals surface area contributed by atoms with Crippen molar-refractivity contribution in [2.24, 2.45) is 5.73 Å². The van der Waals surface area contributed by atoms with Crippen molar-refractivity contribution in [3.63, 3.8) is 0 Å². The van der Waals surface area contributed by atoms with E-state index >= 15 is 0 Å². The monoisotopic (exact) mass is 378 g/mol. The first kappa shape index (κ1) is 18.2. The fourth-order valence-corrected chi connectivity index (χ4v) is 3.24. The molecule has 0 aliphatic carbocycles. The topological polar surface area (TPSA) is 84.7 Å². The first-order valence-corrected chi connectivity index (χ1v) is 9.13. The van der Waals surface area contributed by atoms with Gasteiger partial charge in [0.1, 0.15) is 0 Å². The van der Waals surface area contributed by atoms with Gasteiger partial charge in [-0.2, -0.15) is 10.4 Å². The number of rotatable bonds is 4. The molecular formula is C24H18N4O. The number of hydrogen-bond acceptors (Lipinski definition) is 3. The number of amides is 1. The van der Waals surface area contributed by atoms with Crippen LogP contribution in [0.15, 0.2) is 78.9 Å². The maximum atomic E-state index is 11.3. The van der Waals surface area contributed by atoms with Gasteiger partial charge < -0.3 is 5.73 Å². The number of hydrogen-bond donors (Lipinski definition) is 1. The van der Waals surface area contributed by atoms with E-state index in [2.05, 4.69) is 35.4 Å². The van der Waals surface area contributed by atoms with Crippen LogP contribution in [0.5, 0.6) is 0 Å². The number of nitrogens with two attached hydrogens (primary N) is 1. The van der Waals surface area contributed by atoms with Crippen LogP contribution in [-0.2, 0) is 0 Å². The van der Waals surface area contributed by atoms with Crippen LogP contribution in [0.25, 0.3) is 28.1 Å². The molecule has 0 saturated carbocycles. The Hall–Kier alpha value is -4.17. The molecular weight excluding hydrogens is 360 g/mol. The molecule has 140 valence electrons. The van der Waals surface area contributed by atoms with Gasteiger partial charge in [-0.25, -0.2) is 4.68 Å². The zero-order valence-electron chi connectivity index (χ0n) is 15.8. The fraction of sp³-hybridized carbons (Fsp3) is 0.0417. The van der Waals surface area contributed by atoms with Gasteiger partial charge in [-0.15, -0.1) is 0 Å². The number of aryl methyl sites for hydroxylation is 1. The summed E-state index contributed by atoms with van der Waals surface area (Å²) < 4.78 is 1.86.